The molecule has 0 bridgehead atoms. The van der Waals surface area contributed by atoms with Crippen molar-refractivity contribution >= 4 is 11.0 Å². The Bertz CT molecular complexity index is 1070. The molecular formula is C17H14N4O2. The standard InChI is InChI=1S/C17H14N4O2/c1-9-12(4-3-5-13(9)16-18-10(2)23-21-16)11-6-7-14-15(8-11)20-17(22)19-14/h3-8H,1-2H3,(H2,19,20,22). The van der Waals surface area contributed by atoms with Crippen molar-refractivity contribution in [3.8, 4) is 22.5 Å². The number of nitrogens with zero attached hydrogens (tertiary/aromatic N) is 2. The van der Waals surface area contributed by atoms with E-state index in [-0.39, 0.29) is 5.69 Å². The van der Waals surface area contributed by atoms with Crippen LogP contribution < -0.4 is 5.69 Å². The molecule has 0 unspecified atom stereocenters. The highest BCUT2D eigenvalue weighted by Crippen LogP contribution is 2.31. The Balaban J connectivity index is 1.89. The van der Waals surface area contributed by atoms with Crippen LogP contribution in [0, 0.1) is 13.8 Å². The van der Waals surface area contributed by atoms with Crippen molar-refractivity contribution in [3.05, 3.63) is 58.3 Å². The summed E-state index contributed by atoms with van der Waals surface area (Å²) >= 11 is 0. The third kappa shape index (κ3) is 2.24. The molecule has 6 nitrogen and oxygen atoms in total. The first-order chi connectivity index (χ1) is 11.1. The van der Waals surface area contributed by atoms with Gasteiger partial charge in [0, 0.05) is 12.5 Å². The van der Waals surface area contributed by atoms with Crippen molar-refractivity contribution in [1.29, 1.82) is 0 Å². The zero-order valence-electron chi connectivity index (χ0n) is 12.7. The molecule has 23 heavy (non-hydrogen) atoms. The van der Waals surface area contributed by atoms with E-state index >= 15 is 0 Å². The molecule has 6 heteroatoms. The SMILES string of the molecule is Cc1nc(-c2cccc(-c3ccc4[nH]c(=O)[nH]c4c3)c2C)no1. The lowest BCUT2D eigenvalue weighted by Crippen LogP contribution is -1.99. The smallest absolute Gasteiger partial charge is 0.323 e. The van der Waals surface area contributed by atoms with Gasteiger partial charge >= 0.3 is 5.69 Å². The Labute approximate surface area is 131 Å². The maximum atomic E-state index is 11.4. The highest BCUT2D eigenvalue weighted by atomic mass is 16.5. The maximum Gasteiger partial charge on any atom is 0.323 e. The van der Waals surface area contributed by atoms with Crippen LogP contribution in [0.1, 0.15) is 11.5 Å². The summed E-state index contributed by atoms with van der Waals surface area (Å²) in [6.07, 6.45) is 0. The third-order valence-corrected chi connectivity index (χ3v) is 3.93. The van der Waals surface area contributed by atoms with Gasteiger partial charge in [-0.1, -0.05) is 29.4 Å². The van der Waals surface area contributed by atoms with E-state index in [4.69, 9.17) is 4.52 Å². The highest BCUT2D eigenvalue weighted by Gasteiger charge is 2.13. The zero-order chi connectivity index (χ0) is 16.0. The van der Waals surface area contributed by atoms with Gasteiger partial charge in [0.2, 0.25) is 11.7 Å². The van der Waals surface area contributed by atoms with Crippen molar-refractivity contribution < 1.29 is 4.52 Å². The number of H-pyrrole nitrogens is 2. The van der Waals surface area contributed by atoms with Crippen LogP contribution in [0.5, 0.6) is 0 Å². The van der Waals surface area contributed by atoms with Crippen LogP contribution in [0.15, 0.2) is 45.7 Å². The van der Waals surface area contributed by atoms with E-state index in [1.807, 2.05) is 43.3 Å². The van der Waals surface area contributed by atoms with Gasteiger partial charge in [0.25, 0.3) is 0 Å². The second-order valence-electron chi connectivity index (χ2n) is 5.45. The van der Waals surface area contributed by atoms with Crippen LogP contribution in [0.2, 0.25) is 0 Å². The van der Waals surface area contributed by atoms with Crippen molar-refractivity contribution in [2.24, 2.45) is 0 Å². The van der Waals surface area contributed by atoms with Gasteiger partial charge in [-0.3, -0.25) is 0 Å². The highest BCUT2D eigenvalue weighted by molar-refractivity contribution is 5.84. The van der Waals surface area contributed by atoms with Crippen molar-refractivity contribution in [1.82, 2.24) is 20.1 Å². The Morgan fingerprint density at radius 2 is 1.78 bits per heavy atom. The molecule has 0 radical (unpaired) electrons. The lowest BCUT2D eigenvalue weighted by atomic mass is 9.96. The molecule has 0 aliphatic carbocycles. The first-order valence-corrected chi connectivity index (χ1v) is 7.24. The average Bonchev–Trinajstić information content (AvgIpc) is 3.11. The summed E-state index contributed by atoms with van der Waals surface area (Å²) in [5.74, 6) is 1.12. The third-order valence-electron chi connectivity index (χ3n) is 3.93. The maximum absolute atomic E-state index is 11.4. The molecule has 114 valence electrons. The minimum atomic E-state index is -0.204. The van der Waals surface area contributed by atoms with Gasteiger partial charge in [-0.25, -0.2) is 4.79 Å². The molecule has 0 spiro atoms. The monoisotopic (exact) mass is 306 g/mol. The second-order valence-corrected chi connectivity index (χ2v) is 5.45. The summed E-state index contributed by atoms with van der Waals surface area (Å²) in [4.78, 5) is 21.2. The summed E-state index contributed by atoms with van der Waals surface area (Å²) in [7, 11) is 0. The molecule has 0 saturated carbocycles. The quantitative estimate of drug-likeness (QED) is 0.595. The average molecular weight is 306 g/mol. The number of fused-ring (bicyclic) bond motifs is 1. The molecule has 0 fully saturated rings. The van der Waals surface area contributed by atoms with Crippen molar-refractivity contribution in [3.63, 3.8) is 0 Å². The first-order valence-electron chi connectivity index (χ1n) is 7.24. The molecule has 0 atom stereocenters. The van der Waals surface area contributed by atoms with Gasteiger partial charge in [-0.05, 0) is 35.7 Å². The number of hydrogen-bond acceptors (Lipinski definition) is 4. The van der Waals surface area contributed by atoms with Gasteiger partial charge < -0.3 is 14.5 Å². The Morgan fingerprint density at radius 1 is 1.00 bits per heavy atom. The van der Waals surface area contributed by atoms with Gasteiger partial charge in [0.05, 0.1) is 11.0 Å². The Morgan fingerprint density at radius 3 is 2.57 bits per heavy atom. The van der Waals surface area contributed by atoms with E-state index in [2.05, 4.69) is 20.1 Å². The molecule has 2 heterocycles. The van der Waals surface area contributed by atoms with E-state index in [0.717, 1.165) is 33.3 Å². The number of hydrogen-bond donors (Lipinski definition) is 2. The summed E-state index contributed by atoms with van der Waals surface area (Å²) in [5.41, 5.74) is 5.45. The molecular weight excluding hydrogens is 292 g/mol. The van der Waals surface area contributed by atoms with Crippen LogP contribution >= 0.6 is 0 Å². The molecule has 4 aromatic rings. The van der Waals surface area contributed by atoms with Crippen LogP contribution in [-0.4, -0.2) is 20.1 Å². The summed E-state index contributed by atoms with van der Waals surface area (Å²) < 4.78 is 5.07. The number of aromatic amines is 2. The predicted octanol–water partition coefficient (Wildman–Crippen LogP) is 3.19. The van der Waals surface area contributed by atoms with E-state index in [1.54, 1.807) is 6.92 Å². The zero-order valence-corrected chi connectivity index (χ0v) is 12.7. The Hall–Kier alpha value is -3.15. The van der Waals surface area contributed by atoms with Crippen LogP contribution in [0.3, 0.4) is 0 Å². The van der Waals surface area contributed by atoms with Gasteiger partial charge in [0.15, 0.2) is 0 Å². The van der Waals surface area contributed by atoms with E-state index in [0.29, 0.717) is 11.7 Å². The van der Waals surface area contributed by atoms with Crippen molar-refractivity contribution in [2.75, 3.05) is 0 Å². The minimum Gasteiger partial charge on any atom is -0.339 e. The van der Waals surface area contributed by atoms with Gasteiger partial charge in [-0.2, -0.15) is 4.98 Å². The fraction of sp³-hybridized carbons (Fsp3) is 0.118. The second kappa shape index (κ2) is 4.95. The van der Waals surface area contributed by atoms with Gasteiger partial charge in [0.1, 0.15) is 0 Å². The van der Waals surface area contributed by atoms with Crippen LogP contribution in [0.4, 0.5) is 0 Å². The molecule has 4 rings (SSSR count). The Kier molecular flexibility index (Phi) is 2.90. The molecule has 2 aromatic heterocycles. The predicted molar refractivity (Wildman–Crippen MR) is 87.1 cm³/mol. The number of imidazole rings is 1. The lowest BCUT2D eigenvalue weighted by Gasteiger charge is -2.09. The van der Waals surface area contributed by atoms with E-state index < -0.39 is 0 Å². The largest absolute Gasteiger partial charge is 0.339 e. The number of aromatic nitrogens is 4. The van der Waals surface area contributed by atoms with Crippen LogP contribution in [0.25, 0.3) is 33.5 Å². The fourth-order valence-corrected chi connectivity index (χ4v) is 2.80. The first kappa shape index (κ1) is 13.5. The fourth-order valence-electron chi connectivity index (χ4n) is 2.80. The minimum absolute atomic E-state index is 0.204. The molecule has 0 aliphatic heterocycles. The summed E-state index contributed by atoms with van der Waals surface area (Å²) in [6.45, 7) is 3.80. The van der Waals surface area contributed by atoms with Crippen LogP contribution in [-0.2, 0) is 0 Å². The number of aryl methyl sites for hydroxylation is 1. The van der Waals surface area contributed by atoms with Gasteiger partial charge in [-0.15, -0.1) is 0 Å². The molecule has 0 saturated heterocycles. The molecule has 2 aromatic carbocycles. The van der Waals surface area contributed by atoms with Crippen molar-refractivity contribution in [2.45, 2.75) is 13.8 Å². The topological polar surface area (TPSA) is 87.6 Å². The number of rotatable bonds is 2. The van der Waals surface area contributed by atoms with E-state index in [9.17, 15) is 4.79 Å². The molecule has 0 amide bonds. The summed E-state index contributed by atoms with van der Waals surface area (Å²) in [5, 5.41) is 4.00. The summed E-state index contributed by atoms with van der Waals surface area (Å²) in [6, 6.07) is 11.8. The molecule has 0 aliphatic rings. The number of benzene rings is 2. The normalized spacial score (nSPS) is 11.2. The van der Waals surface area contributed by atoms with E-state index in [1.165, 1.54) is 0 Å². The lowest BCUT2D eigenvalue weighted by molar-refractivity contribution is 0.394. The number of nitrogens with one attached hydrogen (secondary N) is 2. The molecule has 2 N–H and O–H groups in total.